The number of benzene rings is 8. The van der Waals surface area contributed by atoms with Crippen LogP contribution in [0.15, 0.2) is 206 Å². The molecule has 13 rings (SSSR count). The van der Waals surface area contributed by atoms with Crippen molar-refractivity contribution in [2.24, 2.45) is 0 Å². The van der Waals surface area contributed by atoms with Crippen LogP contribution in [0.25, 0.3) is 95.6 Å². The molecule has 0 N–H and O–H groups in total. The molecular weight excluding hydrogens is 757 g/mol. The number of nitrogens with zero attached hydrogens (tertiary/aromatic N) is 6. The average Bonchev–Trinajstić information content (AvgIpc) is 3.85. The molecule has 6 heteroatoms. The van der Waals surface area contributed by atoms with E-state index in [1.54, 1.807) is 0 Å². The Balaban J connectivity index is 1.09. The van der Waals surface area contributed by atoms with Crippen molar-refractivity contribution < 1.29 is 0 Å². The molecular formula is C56H34N6. The van der Waals surface area contributed by atoms with Crippen molar-refractivity contribution in [3.8, 4) is 73.8 Å². The molecule has 6 nitrogen and oxygen atoms in total. The van der Waals surface area contributed by atoms with Gasteiger partial charge in [0.25, 0.3) is 0 Å². The molecule has 62 heavy (non-hydrogen) atoms. The van der Waals surface area contributed by atoms with Crippen molar-refractivity contribution in [3.05, 3.63) is 229 Å². The first kappa shape index (κ1) is 34.5. The van der Waals surface area contributed by atoms with Gasteiger partial charge in [0.05, 0.1) is 33.5 Å². The lowest BCUT2D eigenvalue weighted by Crippen LogP contribution is -2.34. The van der Waals surface area contributed by atoms with Crippen LogP contribution in [-0.4, -0.2) is 29.5 Å². The highest BCUT2D eigenvalue weighted by Gasteiger charge is 2.53. The summed E-state index contributed by atoms with van der Waals surface area (Å²) in [5.41, 5.74) is 15.2. The Hall–Kier alpha value is -8.35. The number of hydrogen-bond donors (Lipinski definition) is 0. The minimum Gasteiger partial charge on any atom is -0.309 e. The van der Waals surface area contributed by atoms with Gasteiger partial charge < -0.3 is 4.57 Å². The first-order chi connectivity index (χ1) is 30.8. The summed E-state index contributed by atoms with van der Waals surface area (Å²) in [6.45, 7) is 0. The summed E-state index contributed by atoms with van der Waals surface area (Å²) >= 11 is 0. The SMILES string of the molecule is c1ccc(-c2nc(-c3ccccc3)nc(-c3ccc(-c4nc(-c5ccccc5)nc5c4C4(c6ccccc6-5)c5ccccc5-n5c6ccccc6c6cccc4c65)cc3)n2)cc1. The van der Waals surface area contributed by atoms with Gasteiger partial charge in [0.15, 0.2) is 23.3 Å². The summed E-state index contributed by atoms with van der Waals surface area (Å²) in [6, 6.07) is 72.4. The molecule has 1 aliphatic heterocycles. The van der Waals surface area contributed by atoms with E-state index >= 15 is 0 Å². The van der Waals surface area contributed by atoms with Gasteiger partial charge in [-0.2, -0.15) is 0 Å². The molecule has 1 aliphatic carbocycles. The van der Waals surface area contributed by atoms with E-state index in [4.69, 9.17) is 24.9 Å². The van der Waals surface area contributed by atoms with Crippen LogP contribution < -0.4 is 0 Å². The average molecular weight is 791 g/mol. The summed E-state index contributed by atoms with van der Waals surface area (Å²) < 4.78 is 2.47. The van der Waals surface area contributed by atoms with E-state index < -0.39 is 5.41 Å². The van der Waals surface area contributed by atoms with Crippen LogP contribution >= 0.6 is 0 Å². The predicted octanol–water partition coefficient (Wildman–Crippen LogP) is 12.8. The maximum Gasteiger partial charge on any atom is 0.164 e. The summed E-state index contributed by atoms with van der Waals surface area (Å²) in [5.74, 6) is 2.54. The minimum atomic E-state index is -0.723. The Bertz CT molecular complexity index is 3510. The summed E-state index contributed by atoms with van der Waals surface area (Å²) in [5, 5.41) is 2.46. The van der Waals surface area contributed by atoms with Crippen molar-refractivity contribution >= 4 is 21.8 Å². The highest BCUT2D eigenvalue weighted by atomic mass is 15.0. The van der Waals surface area contributed by atoms with E-state index in [0.717, 1.165) is 56.0 Å². The van der Waals surface area contributed by atoms with Gasteiger partial charge >= 0.3 is 0 Å². The van der Waals surface area contributed by atoms with E-state index in [0.29, 0.717) is 23.3 Å². The molecule has 4 heterocycles. The zero-order valence-electron chi connectivity index (χ0n) is 33.3. The first-order valence-corrected chi connectivity index (χ1v) is 20.9. The van der Waals surface area contributed by atoms with Gasteiger partial charge in [-0.05, 0) is 28.8 Å². The van der Waals surface area contributed by atoms with Gasteiger partial charge in [-0.15, -0.1) is 0 Å². The van der Waals surface area contributed by atoms with E-state index in [1.165, 1.54) is 38.5 Å². The fourth-order valence-corrected chi connectivity index (χ4v) is 10.1. The second-order valence-corrected chi connectivity index (χ2v) is 16.0. The molecule has 0 amide bonds. The lowest BCUT2D eigenvalue weighted by Gasteiger charge is -2.40. The lowest BCUT2D eigenvalue weighted by molar-refractivity contribution is 0.744. The minimum absolute atomic E-state index is 0.603. The van der Waals surface area contributed by atoms with Crippen molar-refractivity contribution in [2.75, 3.05) is 0 Å². The number of hydrogen-bond acceptors (Lipinski definition) is 5. The molecule has 11 aromatic rings. The molecule has 1 atom stereocenters. The third kappa shape index (κ3) is 4.89. The van der Waals surface area contributed by atoms with E-state index in [1.807, 2.05) is 66.7 Å². The van der Waals surface area contributed by atoms with Crippen LogP contribution in [0.2, 0.25) is 0 Å². The molecule has 2 aliphatic rings. The van der Waals surface area contributed by atoms with Crippen LogP contribution in [-0.2, 0) is 5.41 Å². The van der Waals surface area contributed by atoms with Gasteiger partial charge in [0, 0.05) is 49.7 Å². The highest BCUT2D eigenvalue weighted by molar-refractivity contribution is 6.13. The van der Waals surface area contributed by atoms with Crippen molar-refractivity contribution in [2.45, 2.75) is 5.41 Å². The standard InChI is InChI=1S/C56H34N6/c1-4-17-36(18-5-1)52-57-49(35-31-33-39(34-32-35)55-60-53(37-19-6-2-7-20-37)59-54(61-55)38-21-8-3-9-22-38)48-50(58-52)42-24-10-12-26-43(42)56(48)44-27-13-15-30-47(44)62-46-29-14-11-23-40(46)41-25-16-28-45(56)51(41)62/h1-34H. The largest absolute Gasteiger partial charge is 0.309 e. The molecule has 0 saturated heterocycles. The summed E-state index contributed by atoms with van der Waals surface area (Å²) in [6.07, 6.45) is 0. The van der Waals surface area contributed by atoms with Gasteiger partial charge in [-0.25, -0.2) is 24.9 Å². The smallest absolute Gasteiger partial charge is 0.164 e. The quantitative estimate of drug-likeness (QED) is 0.174. The number of fused-ring (bicyclic) bond motifs is 12. The summed E-state index contributed by atoms with van der Waals surface area (Å²) in [4.78, 5) is 26.2. The Kier molecular flexibility index (Phi) is 7.42. The number of aromatic nitrogens is 6. The molecule has 3 aromatic heterocycles. The fraction of sp³-hybridized carbons (Fsp3) is 0.0179. The van der Waals surface area contributed by atoms with Crippen molar-refractivity contribution in [1.82, 2.24) is 29.5 Å². The van der Waals surface area contributed by atoms with Crippen LogP contribution in [0, 0.1) is 0 Å². The van der Waals surface area contributed by atoms with E-state index in [2.05, 4.69) is 144 Å². The normalized spacial score (nSPS) is 14.5. The molecule has 1 unspecified atom stereocenters. The highest BCUT2D eigenvalue weighted by Crippen LogP contribution is 2.62. The Labute approximate surface area is 357 Å². The van der Waals surface area contributed by atoms with Crippen molar-refractivity contribution in [3.63, 3.8) is 0 Å². The zero-order chi connectivity index (χ0) is 40.8. The van der Waals surface area contributed by atoms with Crippen LogP contribution in [0.3, 0.4) is 0 Å². The lowest BCUT2D eigenvalue weighted by atomic mass is 9.64. The molecule has 0 fully saturated rings. The van der Waals surface area contributed by atoms with Crippen LogP contribution in [0.5, 0.6) is 0 Å². The van der Waals surface area contributed by atoms with Crippen molar-refractivity contribution in [1.29, 1.82) is 0 Å². The van der Waals surface area contributed by atoms with Gasteiger partial charge in [-0.3, -0.25) is 0 Å². The topological polar surface area (TPSA) is 69.4 Å². The molecule has 288 valence electrons. The van der Waals surface area contributed by atoms with Crippen LogP contribution in [0.4, 0.5) is 0 Å². The van der Waals surface area contributed by atoms with E-state index in [-0.39, 0.29) is 0 Å². The molecule has 0 radical (unpaired) electrons. The third-order valence-electron chi connectivity index (χ3n) is 12.7. The first-order valence-electron chi connectivity index (χ1n) is 20.9. The van der Waals surface area contributed by atoms with Gasteiger partial charge in [-0.1, -0.05) is 194 Å². The maximum atomic E-state index is 5.60. The molecule has 1 spiro atoms. The number of para-hydroxylation sites is 3. The fourth-order valence-electron chi connectivity index (χ4n) is 10.1. The van der Waals surface area contributed by atoms with Gasteiger partial charge in [0.2, 0.25) is 0 Å². The molecule has 0 saturated carbocycles. The van der Waals surface area contributed by atoms with Crippen LogP contribution in [0.1, 0.15) is 22.3 Å². The summed E-state index contributed by atoms with van der Waals surface area (Å²) in [7, 11) is 0. The van der Waals surface area contributed by atoms with Gasteiger partial charge in [0.1, 0.15) is 0 Å². The second kappa shape index (κ2) is 13.3. The Morgan fingerprint density at radius 3 is 1.45 bits per heavy atom. The Morgan fingerprint density at radius 2 is 0.790 bits per heavy atom. The molecule has 8 aromatic carbocycles. The van der Waals surface area contributed by atoms with E-state index in [9.17, 15) is 0 Å². The monoisotopic (exact) mass is 790 g/mol. The maximum absolute atomic E-state index is 5.60. The zero-order valence-corrected chi connectivity index (χ0v) is 33.3. The second-order valence-electron chi connectivity index (χ2n) is 16.0. The Morgan fingerprint density at radius 1 is 0.323 bits per heavy atom. The molecule has 0 bridgehead atoms. The number of rotatable bonds is 5. The predicted molar refractivity (Wildman–Crippen MR) is 248 cm³/mol. The third-order valence-corrected chi connectivity index (χ3v) is 12.7.